The quantitative estimate of drug-likeness (QED) is 0.783. The molecule has 28 heavy (non-hydrogen) atoms. The third-order valence-electron chi connectivity index (χ3n) is 4.99. The molecule has 2 amide bonds. The number of methoxy groups -OCH3 is 1. The summed E-state index contributed by atoms with van der Waals surface area (Å²) in [6.45, 7) is 7.60. The number of fused-ring (bicyclic) bond motifs is 1. The molecule has 3 rings (SSSR count). The summed E-state index contributed by atoms with van der Waals surface area (Å²) in [6.07, 6.45) is 0. The van der Waals surface area contributed by atoms with Crippen molar-refractivity contribution < 1.29 is 14.3 Å². The van der Waals surface area contributed by atoms with Gasteiger partial charge in [0, 0.05) is 37.3 Å². The molecule has 2 heterocycles. The number of piperazine rings is 1. The topological polar surface area (TPSA) is 86.8 Å². The van der Waals surface area contributed by atoms with Crippen molar-refractivity contribution in [1.82, 2.24) is 15.2 Å². The zero-order valence-electron chi connectivity index (χ0n) is 16.8. The summed E-state index contributed by atoms with van der Waals surface area (Å²) in [5.41, 5.74) is 2.63. The number of aryl methyl sites for hydroxylation is 1. The summed E-state index contributed by atoms with van der Waals surface area (Å²) in [5.74, 6) is 0.494. The Kier molecular flexibility index (Phi) is 5.99. The summed E-state index contributed by atoms with van der Waals surface area (Å²) in [4.78, 5) is 32.9. The molecule has 0 aliphatic carbocycles. The molecule has 1 fully saturated rings. The Morgan fingerprint density at radius 2 is 1.89 bits per heavy atom. The Bertz CT molecular complexity index is 878. The number of hydrogen-bond donors (Lipinski definition) is 2. The van der Waals surface area contributed by atoms with E-state index >= 15 is 0 Å². The second-order valence-corrected chi connectivity index (χ2v) is 7.16. The number of amides is 2. The third-order valence-corrected chi connectivity index (χ3v) is 4.99. The van der Waals surface area contributed by atoms with Gasteiger partial charge in [0.05, 0.1) is 12.6 Å². The molecule has 0 saturated carbocycles. The van der Waals surface area contributed by atoms with Gasteiger partial charge in [0.25, 0.3) is 0 Å². The van der Waals surface area contributed by atoms with Crippen molar-refractivity contribution >= 4 is 34.4 Å². The highest BCUT2D eigenvalue weighted by Crippen LogP contribution is 2.26. The first-order valence-corrected chi connectivity index (χ1v) is 9.37. The van der Waals surface area contributed by atoms with E-state index in [9.17, 15) is 9.59 Å². The predicted octanol–water partition coefficient (Wildman–Crippen LogP) is 1.98. The first kappa shape index (κ1) is 19.9. The molecule has 0 radical (unpaired) electrons. The van der Waals surface area contributed by atoms with Crippen LogP contribution in [0.15, 0.2) is 24.3 Å². The van der Waals surface area contributed by atoms with Crippen molar-refractivity contribution in [2.45, 2.75) is 19.9 Å². The van der Waals surface area contributed by atoms with Gasteiger partial charge >= 0.3 is 12.0 Å². The summed E-state index contributed by atoms with van der Waals surface area (Å²) in [6, 6.07) is 6.52. The molecule has 8 nitrogen and oxygen atoms in total. The maximum absolute atomic E-state index is 12.1. The number of rotatable bonds is 4. The number of esters is 1. The van der Waals surface area contributed by atoms with Gasteiger partial charge in [-0.2, -0.15) is 0 Å². The molecule has 0 spiro atoms. The number of carbonyl (C=O) groups is 2. The maximum atomic E-state index is 12.1. The molecule has 1 aromatic carbocycles. The number of ether oxygens (including phenoxy) is 1. The fourth-order valence-corrected chi connectivity index (χ4v) is 3.25. The highest BCUT2D eigenvalue weighted by Gasteiger charge is 2.18. The molecule has 1 unspecified atom stereocenters. The smallest absolute Gasteiger partial charge is 0.328 e. The Labute approximate surface area is 164 Å². The second kappa shape index (κ2) is 8.43. The average molecular weight is 385 g/mol. The predicted molar refractivity (Wildman–Crippen MR) is 110 cm³/mol. The van der Waals surface area contributed by atoms with Crippen molar-refractivity contribution in [3.05, 3.63) is 29.8 Å². The Hall–Kier alpha value is -2.87. The van der Waals surface area contributed by atoms with Crippen LogP contribution in [0.5, 0.6) is 0 Å². The van der Waals surface area contributed by atoms with Gasteiger partial charge in [-0.05, 0) is 50.7 Å². The fraction of sp³-hybridized carbons (Fsp3) is 0.450. The zero-order valence-corrected chi connectivity index (χ0v) is 16.8. The van der Waals surface area contributed by atoms with E-state index in [1.165, 1.54) is 7.11 Å². The lowest BCUT2D eigenvalue weighted by Gasteiger charge is -2.33. The summed E-state index contributed by atoms with van der Waals surface area (Å²) in [5, 5.41) is 6.28. The van der Waals surface area contributed by atoms with Crippen molar-refractivity contribution in [3.63, 3.8) is 0 Å². The lowest BCUT2D eigenvalue weighted by molar-refractivity contribution is -0.142. The summed E-state index contributed by atoms with van der Waals surface area (Å²) in [7, 11) is 3.42. The number of likely N-dealkylation sites (N-methyl/N-ethyl adjacent to an activating group) is 1. The van der Waals surface area contributed by atoms with Gasteiger partial charge in [0.2, 0.25) is 0 Å². The molecule has 8 heteroatoms. The largest absolute Gasteiger partial charge is 0.467 e. The fourth-order valence-electron chi connectivity index (χ4n) is 3.25. The normalized spacial score (nSPS) is 15.9. The van der Waals surface area contributed by atoms with E-state index in [0.717, 1.165) is 48.5 Å². The molecule has 0 bridgehead atoms. The number of pyridine rings is 1. The first-order valence-electron chi connectivity index (χ1n) is 9.37. The van der Waals surface area contributed by atoms with Crippen LogP contribution in [0.2, 0.25) is 0 Å². The van der Waals surface area contributed by atoms with Crippen molar-refractivity contribution in [3.8, 4) is 0 Å². The number of aromatic nitrogens is 1. The van der Waals surface area contributed by atoms with E-state index in [1.54, 1.807) is 6.92 Å². The van der Waals surface area contributed by atoms with Crippen LogP contribution < -0.4 is 15.5 Å². The average Bonchev–Trinajstić information content (AvgIpc) is 2.68. The van der Waals surface area contributed by atoms with E-state index in [4.69, 9.17) is 4.98 Å². The standard InChI is InChI=1S/C20H27N5O3/c1-13-11-18(25-9-7-24(3)8-10-25)23-17-6-5-15(12-16(13)17)22-20(27)21-14(2)19(26)28-4/h5-6,11-12,14H,7-10H2,1-4H3,(H2,21,22,27). The van der Waals surface area contributed by atoms with Crippen LogP contribution >= 0.6 is 0 Å². The van der Waals surface area contributed by atoms with E-state index in [-0.39, 0.29) is 0 Å². The lowest BCUT2D eigenvalue weighted by atomic mass is 10.1. The summed E-state index contributed by atoms with van der Waals surface area (Å²) >= 11 is 0. The van der Waals surface area contributed by atoms with Gasteiger partial charge in [0.1, 0.15) is 11.9 Å². The van der Waals surface area contributed by atoms with Crippen LogP contribution in [0.4, 0.5) is 16.3 Å². The van der Waals surface area contributed by atoms with Crippen molar-refractivity contribution in [2.24, 2.45) is 0 Å². The van der Waals surface area contributed by atoms with Crippen LogP contribution in [0, 0.1) is 6.92 Å². The van der Waals surface area contributed by atoms with Gasteiger partial charge in [-0.3, -0.25) is 0 Å². The van der Waals surface area contributed by atoms with Crippen LogP contribution in [-0.2, 0) is 9.53 Å². The number of urea groups is 1. The molecular formula is C20H27N5O3. The van der Waals surface area contributed by atoms with Crippen molar-refractivity contribution in [1.29, 1.82) is 0 Å². The molecule has 1 aliphatic heterocycles. The number of benzene rings is 1. The number of anilines is 2. The molecule has 1 aliphatic rings. The maximum Gasteiger partial charge on any atom is 0.328 e. The van der Waals surface area contributed by atoms with Crippen LogP contribution in [-0.4, -0.2) is 68.3 Å². The van der Waals surface area contributed by atoms with Gasteiger partial charge in [0.15, 0.2) is 0 Å². The number of nitrogens with one attached hydrogen (secondary N) is 2. The minimum Gasteiger partial charge on any atom is -0.467 e. The minimum absolute atomic E-state index is 0.461. The number of carbonyl (C=O) groups excluding carboxylic acids is 2. The van der Waals surface area contributed by atoms with E-state index in [1.807, 2.05) is 25.1 Å². The highest BCUT2D eigenvalue weighted by atomic mass is 16.5. The van der Waals surface area contributed by atoms with Gasteiger partial charge in [-0.15, -0.1) is 0 Å². The van der Waals surface area contributed by atoms with Gasteiger partial charge in [-0.25, -0.2) is 14.6 Å². The Balaban J connectivity index is 1.75. The van der Waals surface area contributed by atoms with Crippen LogP contribution in [0.3, 0.4) is 0 Å². The number of hydrogen-bond acceptors (Lipinski definition) is 6. The molecule has 2 aromatic rings. The molecule has 1 atom stereocenters. The Morgan fingerprint density at radius 3 is 2.57 bits per heavy atom. The molecule has 2 N–H and O–H groups in total. The summed E-state index contributed by atoms with van der Waals surface area (Å²) < 4.78 is 4.61. The van der Waals surface area contributed by atoms with Gasteiger partial charge in [-0.1, -0.05) is 0 Å². The SMILES string of the molecule is COC(=O)C(C)NC(=O)Nc1ccc2nc(N3CCN(C)CC3)cc(C)c2c1. The van der Waals surface area contributed by atoms with E-state index in [0.29, 0.717) is 5.69 Å². The molecule has 1 aromatic heterocycles. The Morgan fingerprint density at radius 1 is 1.18 bits per heavy atom. The molecule has 150 valence electrons. The van der Waals surface area contributed by atoms with E-state index in [2.05, 4.69) is 38.3 Å². The van der Waals surface area contributed by atoms with Crippen molar-refractivity contribution in [2.75, 3.05) is 50.6 Å². The van der Waals surface area contributed by atoms with Crippen LogP contribution in [0.25, 0.3) is 10.9 Å². The first-order chi connectivity index (χ1) is 13.4. The zero-order chi connectivity index (χ0) is 20.3. The van der Waals surface area contributed by atoms with Crippen LogP contribution in [0.1, 0.15) is 12.5 Å². The van der Waals surface area contributed by atoms with E-state index < -0.39 is 18.0 Å². The second-order valence-electron chi connectivity index (χ2n) is 7.16. The lowest BCUT2D eigenvalue weighted by Crippen LogP contribution is -2.44. The van der Waals surface area contributed by atoms with Gasteiger partial charge < -0.3 is 25.2 Å². The molecule has 1 saturated heterocycles. The highest BCUT2D eigenvalue weighted by molar-refractivity contribution is 5.95. The minimum atomic E-state index is -0.722. The molecular weight excluding hydrogens is 358 g/mol. The monoisotopic (exact) mass is 385 g/mol. The third kappa shape index (κ3) is 4.51. The number of nitrogens with zero attached hydrogens (tertiary/aromatic N) is 3.